The normalized spacial score (nSPS) is 10.7. The van der Waals surface area contributed by atoms with Crippen molar-refractivity contribution in [2.45, 2.75) is 0 Å². The van der Waals surface area contributed by atoms with Gasteiger partial charge in [0.25, 0.3) is 0 Å². The highest BCUT2D eigenvalue weighted by Crippen LogP contribution is 2.37. The van der Waals surface area contributed by atoms with Gasteiger partial charge in [-0.1, -0.05) is 45.4 Å². The zero-order chi connectivity index (χ0) is 14.1. The van der Waals surface area contributed by atoms with E-state index in [-0.39, 0.29) is 0 Å². The minimum Gasteiger partial charge on any atom is -0.367 e. The van der Waals surface area contributed by atoms with E-state index in [4.69, 9.17) is 10.3 Å². The maximum absolute atomic E-state index is 5.94. The van der Waals surface area contributed by atoms with E-state index >= 15 is 0 Å². The van der Waals surface area contributed by atoms with Crippen LogP contribution in [0.3, 0.4) is 0 Å². The standard InChI is InChI=1S/C15H10BrIN2O/c16-11-3-1-2-10(8-11)13-14(19-20-15(13)18)9-4-6-12(17)7-5-9/h1-8H,18H2. The number of rotatable bonds is 2. The van der Waals surface area contributed by atoms with E-state index < -0.39 is 0 Å². The van der Waals surface area contributed by atoms with Crippen molar-refractivity contribution in [1.82, 2.24) is 5.16 Å². The number of aromatic nitrogens is 1. The first-order valence-electron chi connectivity index (χ1n) is 5.92. The predicted molar refractivity (Wildman–Crippen MR) is 92.2 cm³/mol. The first kappa shape index (κ1) is 13.6. The molecule has 0 radical (unpaired) electrons. The van der Waals surface area contributed by atoms with Crippen LogP contribution in [0.4, 0.5) is 5.88 Å². The Kier molecular flexibility index (Phi) is 3.80. The quantitative estimate of drug-likeness (QED) is 0.573. The average Bonchev–Trinajstić information content (AvgIpc) is 2.81. The summed E-state index contributed by atoms with van der Waals surface area (Å²) in [5, 5.41) is 4.10. The highest BCUT2D eigenvalue weighted by atomic mass is 127. The van der Waals surface area contributed by atoms with E-state index in [2.05, 4.69) is 43.7 Å². The number of halogens is 2. The van der Waals surface area contributed by atoms with Crippen LogP contribution in [0.5, 0.6) is 0 Å². The zero-order valence-electron chi connectivity index (χ0n) is 10.3. The van der Waals surface area contributed by atoms with Crippen molar-refractivity contribution in [2.75, 3.05) is 5.73 Å². The van der Waals surface area contributed by atoms with E-state index in [1.807, 2.05) is 48.5 Å². The smallest absolute Gasteiger partial charge is 0.230 e. The molecule has 0 aliphatic carbocycles. The van der Waals surface area contributed by atoms with Crippen LogP contribution in [-0.2, 0) is 0 Å². The molecule has 1 heterocycles. The van der Waals surface area contributed by atoms with Crippen LogP contribution in [-0.4, -0.2) is 5.16 Å². The van der Waals surface area contributed by atoms with E-state index in [1.54, 1.807) is 0 Å². The van der Waals surface area contributed by atoms with Gasteiger partial charge in [0.05, 0.1) is 5.56 Å². The molecule has 0 fully saturated rings. The molecule has 3 aromatic rings. The van der Waals surface area contributed by atoms with Gasteiger partial charge < -0.3 is 10.3 Å². The first-order valence-corrected chi connectivity index (χ1v) is 7.79. The van der Waals surface area contributed by atoms with Crippen LogP contribution < -0.4 is 5.73 Å². The summed E-state index contributed by atoms with van der Waals surface area (Å²) >= 11 is 5.74. The minimum atomic E-state index is 0.330. The molecule has 0 atom stereocenters. The van der Waals surface area contributed by atoms with Crippen LogP contribution in [0.2, 0.25) is 0 Å². The van der Waals surface area contributed by atoms with Crippen molar-refractivity contribution in [2.24, 2.45) is 0 Å². The van der Waals surface area contributed by atoms with Crippen LogP contribution in [0.25, 0.3) is 22.4 Å². The van der Waals surface area contributed by atoms with Crippen molar-refractivity contribution < 1.29 is 4.52 Å². The van der Waals surface area contributed by atoms with E-state index in [1.165, 1.54) is 3.57 Å². The largest absolute Gasteiger partial charge is 0.367 e. The fourth-order valence-electron chi connectivity index (χ4n) is 2.03. The Morgan fingerprint density at radius 2 is 1.80 bits per heavy atom. The Balaban J connectivity index is 2.17. The van der Waals surface area contributed by atoms with E-state index in [0.29, 0.717) is 5.88 Å². The number of nitrogens with zero attached hydrogens (tertiary/aromatic N) is 1. The summed E-state index contributed by atoms with van der Waals surface area (Å²) in [7, 11) is 0. The van der Waals surface area contributed by atoms with Crippen LogP contribution in [0.1, 0.15) is 0 Å². The average molecular weight is 441 g/mol. The number of hydrogen-bond acceptors (Lipinski definition) is 3. The van der Waals surface area contributed by atoms with Gasteiger partial charge in [-0.15, -0.1) is 0 Å². The Labute approximate surface area is 138 Å². The van der Waals surface area contributed by atoms with Gasteiger partial charge in [-0.05, 0) is 52.4 Å². The molecule has 100 valence electrons. The molecule has 2 aromatic carbocycles. The topological polar surface area (TPSA) is 52.0 Å². The third kappa shape index (κ3) is 2.60. The summed E-state index contributed by atoms with van der Waals surface area (Å²) in [5.74, 6) is 0.330. The van der Waals surface area contributed by atoms with Gasteiger partial charge in [-0.25, -0.2) is 0 Å². The Bertz CT molecular complexity index is 753. The molecule has 20 heavy (non-hydrogen) atoms. The highest BCUT2D eigenvalue weighted by molar-refractivity contribution is 14.1. The van der Waals surface area contributed by atoms with Gasteiger partial charge in [0.1, 0.15) is 5.69 Å². The number of benzene rings is 2. The molecule has 0 saturated heterocycles. The third-order valence-electron chi connectivity index (χ3n) is 2.95. The number of nitrogen functional groups attached to an aromatic ring is 1. The molecule has 0 aliphatic heterocycles. The second kappa shape index (κ2) is 5.57. The molecule has 0 amide bonds. The Hall–Kier alpha value is -1.34. The fraction of sp³-hybridized carbons (Fsp3) is 0. The Morgan fingerprint density at radius 3 is 2.50 bits per heavy atom. The van der Waals surface area contributed by atoms with Crippen molar-refractivity contribution >= 4 is 44.4 Å². The van der Waals surface area contributed by atoms with Crippen molar-refractivity contribution in [3.05, 3.63) is 56.6 Å². The monoisotopic (exact) mass is 440 g/mol. The number of nitrogens with two attached hydrogens (primary N) is 1. The number of anilines is 1. The van der Waals surface area contributed by atoms with Crippen molar-refractivity contribution in [1.29, 1.82) is 0 Å². The van der Waals surface area contributed by atoms with Crippen molar-refractivity contribution in [3.63, 3.8) is 0 Å². The second-order valence-electron chi connectivity index (χ2n) is 4.29. The summed E-state index contributed by atoms with van der Waals surface area (Å²) in [6.45, 7) is 0. The molecule has 0 spiro atoms. The molecular weight excluding hydrogens is 431 g/mol. The van der Waals surface area contributed by atoms with Gasteiger partial charge in [0.15, 0.2) is 0 Å². The molecular formula is C15H10BrIN2O. The maximum Gasteiger partial charge on any atom is 0.230 e. The summed E-state index contributed by atoms with van der Waals surface area (Å²) in [6.07, 6.45) is 0. The third-order valence-corrected chi connectivity index (χ3v) is 4.16. The van der Waals surface area contributed by atoms with Crippen molar-refractivity contribution in [3.8, 4) is 22.4 Å². The molecule has 0 unspecified atom stereocenters. The van der Waals surface area contributed by atoms with Gasteiger partial charge in [-0.3, -0.25) is 0 Å². The first-order chi connectivity index (χ1) is 9.65. The fourth-order valence-corrected chi connectivity index (χ4v) is 2.79. The van der Waals surface area contributed by atoms with Crippen LogP contribution in [0, 0.1) is 3.57 Å². The molecule has 0 bridgehead atoms. The SMILES string of the molecule is Nc1onc(-c2ccc(I)cc2)c1-c1cccc(Br)c1. The summed E-state index contributed by atoms with van der Waals surface area (Å²) < 4.78 is 7.35. The molecule has 3 rings (SSSR count). The van der Waals surface area contributed by atoms with Gasteiger partial charge >= 0.3 is 0 Å². The lowest BCUT2D eigenvalue weighted by Crippen LogP contribution is -1.88. The van der Waals surface area contributed by atoms with E-state index in [9.17, 15) is 0 Å². The molecule has 3 nitrogen and oxygen atoms in total. The maximum atomic E-state index is 5.94. The molecule has 0 aliphatic rings. The second-order valence-corrected chi connectivity index (χ2v) is 6.45. The lowest BCUT2D eigenvalue weighted by Gasteiger charge is -2.03. The molecule has 0 saturated carbocycles. The van der Waals surface area contributed by atoms with Crippen LogP contribution in [0.15, 0.2) is 57.5 Å². The lowest BCUT2D eigenvalue weighted by molar-refractivity contribution is 0.439. The highest BCUT2D eigenvalue weighted by Gasteiger charge is 2.17. The van der Waals surface area contributed by atoms with Gasteiger partial charge in [-0.2, -0.15) is 0 Å². The minimum absolute atomic E-state index is 0.330. The molecule has 2 N–H and O–H groups in total. The van der Waals surface area contributed by atoms with Crippen LogP contribution >= 0.6 is 38.5 Å². The Morgan fingerprint density at radius 1 is 1.05 bits per heavy atom. The predicted octanol–water partition coefficient (Wildman–Crippen LogP) is 4.96. The van der Waals surface area contributed by atoms with Gasteiger partial charge in [0.2, 0.25) is 5.88 Å². The lowest BCUT2D eigenvalue weighted by atomic mass is 10.0. The summed E-state index contributed by atoms with van der Waals surface area (Å²) in [4.78, 5) is 0. The summed E-state index contributed by atoms with van der Waals surface area (Å²) in [6, 6.07) is 16.0. The molecule has 5 heteroatoms. The number of hydrogen-bond donors (Lipinski definition) is 1. The summed E-state index contributed by atoms with van der Waals surface area (Å²) in [5.41, 5.74) is 9.50. The van der Waals surface area contributed by atoms with Gasteiger partial charge in [0, 0.05) is 13.6 Å². The molecule has 1 aromatic heterocycles. The zero-order valence-corrected chi connectivity index (χ0v) is 14.1. The van der Waals surface area contributed by atoms with E-state index in [0.717, 1.165) is 26.9 Å².